The molecule has 5 nitrogen and oxygen atoms in total. The third kappa shape index (κ3) is 2.51. The number of hydrogen-bond acceptors (Lipinski definition) is 4. The topological polar surface area (TPSA) is 56.3 Å². The van der Waals surface area contributed by atoms with Crippen LogP contribution in [0.25, 0.3) is 0 Å². The average Bonchev–Trinajstić information content (AvgIpc) is 2.77. The molecule has 1 saturated heterocycles. The predicted molar refractivity (Wildman–Crippen MR) is 66.7 cm³/mol. The maximum absolute atomic E-state index is 5.80. The molecule has 2 rings (SSSR count). The van der Waals surface area contributed by atoms with Gasteiger partial charge >= 0.3 is 0 Å². The number of ether oxygens (including phenoxy) is 1. The lowest BCUT2D eigenvalue weighted by molar-refractivity contribution is -0.0603. The van der Waals surface area contributed by atoms with Crippen molar-refractivity contribution in [3.05, 3.63) is 18.0 Å². The summed E-state index contributed by atoms with van der Waals surface area (Å²) in [5.74, 6) is 0. The highest BCUT2D eigenvalue weighted by molar-refractivity contribution is 5.11. The van der Waals surface area contributed by atoms with Crippen LogP contribution in [0.2, 0.25) is 0 Å². The van der Waals surface area contributed by atoms with Gasteiger partial charge in [-0.25, -0.2) is 0 Å². The standard InChI is InChI=1S/C12H22N4O/c1-3-6-16-10(4-5-14-16)12-11(9-13)17-8-7-15(12)2/h4-5,11-12H,3,6-9,13H2,1-2H3. The number of nitrogens with two attached hydrogens (primary N) is 1. The molecule has 0 amide bonds. The molecule has 1 aromatic heterocycles. The number of aryl methyl sites for hydroxylation is 1. The van der Waals surface area contributed by atoms with Gasteiger partial charge in [-0.1, -0.05) is 6.92 Å². The molecule has 2 atom stereocenters. The quantitative estimate of drug-likeness (QED) is 0.835. The first-order chi connectivity index (χ1) is 8.27. The zero-order valence-corrected chi connectivity index (χ0v) is 10.7. The van der Waals surface area contributed by atoms with Crippen LogP contribution < -0.4 is 5.73 Å². The van der Waals surface area contributed by atoms with Crippen LogP contribution in [0.15, 0.2) is 12.3 Å². The van der Waals surface area contributed by atoms with E-state index in [0.717, 1.165) is 26.1 Å². The van der Waals surface area contributed by atoms with E-state index in [1.165, 1.54) is 5.69 Å². The second kappa shape index (κ2) is 5.62. The zero-order chi connectivity index (χ0) is 12.3. The van der Waals surface area contributed by atoms with Gasteiger partial charge in [0.15, 0.2) is 0 Å². The highest BCUT2D eigenvalue weighted by Crippen LogP contribution is 2.27. The molecule has 1 fully saturated rings. The fraction of sp³-hybridized carbons (Fsp3) is 0.750. The van der Waals surface area contributed by atoms with Crippen molar-refractivity contribution in [2.75, 3.05) is 26.7 Å². The molecular weight excluding hydrogens is 216 g/mol. The minimum absolute atomic E-state index is 0.0704. The number of aromatic nitrogens is 2. The maximum Gasteiger partial charge on any atom is 0.0909 e. The monoisotopic (exact) mass is 238 g/mol. The lowest BCUT2D eigenvalue weighted by Crippen LogP contribution is -2.47. The summed E-state index contributed by atoms with van der Waals surface area (Å²) in [4.78, 5) is 2.31. The molecule has 0 saturated carbocycles. The van der Waals surface area contributed by atoms with E-state index < -0.39 is 0 Å². The number of likely N-dealkylation sites (N-methyl/N-ethyl adjacent to an activating group) is 1. The van der Waals surface area contributed by atoms with Crippen LogP contribution in [0, 0.1) is 0 Å². The Morgan fingerprint density at radius 2 is 2.41 bits per heavy atom. The molecule has 96 valence electrons. The first kappa shape index (κ1) is 12.5. The molecular formula is C12H22N4O. The number of hydrogen-bond donors (Lipinski definition) is 1. The van der Waals surface area contributed by atoms with E-state index in [1.54, 1.807) is 0 Å². The Balaban J connectivity index is 2.24. The summed E-state index contributed by atoms with van der Waals surface area (Å²) in [7, 11) is 2.12. The van der Waals surface area contributed by atoms with Gasteiger partial charge in [-0.2, -0.15) is 5.10 Å². The summed E-state index contributed by atoms with van der Waals surface area (Å²) in [5, 5.41) is 4.38. The summed E-state index contributed by atoms with van der Waals surface area (Å²) in [5.41, 5.74) is 7.02. The fourth-order valence-electron chi connectivity index (χ4n) is 2.47. The summed E-state index contributed by atoms with van der Waals surface area (Å²) < 4.78 is 7.83. The van der Waals surface area contributed by atoms with Crippen molar-refractivity contribution in [3.8, 4) is 0 Å². The summed E-state index contributed by atoms with van der Waals surface area (Å²) >= 11 is 0. The molecule has 0 spiro atoms. The summed E-state index contributed by atoms with van der Waals surface area (Å²) in [6, 6.07) is 2.30. The minimum Gasteiger partial charge on any atom is -0.374 e. The van der Waals surface area contributed by atoms with E-state index in [4.69, 9.17) is 10.5 Å². The summed E-state index contributed by atoms with van der Waals surface area (Å²) in [6.45, 7) is 5.36. The third-order valence-electron chi connectivity index (χ3n) is 3.32. The van der Waals surface area contributed by atoms with Gasteiger partial charge in [0.2, 0.25) is 0 Å². The van der Waals surface area contributed by atoms with Crippen LogP contribution in [-0.2, 0) is 11.3 Å². The van der Waals surface area contributed by atoms with Crippen LogP contribution in [-0.4, -0.2) is 47.5 Å². The Kier molecular flexibility index (Phi) is 4.15. The maximum atomic E-state index is 5.80. The van der Waals surface area contributed by atoms with Crippen molar-refractivity contribution in [2.24, 2.45) is 5.73 Å². The van der Waals surface area contributed by atoms with Crippen LogP contribution in [0.1, 0.15) is 25.1 Å². The first-order valence-corrected chi connectivity index (χ1v) is 6.31. The first-order valence-electron chi connectivity index (χ1n) is 6.31. The average molecular weight is 238 g/mol. The van der Waals surface area contributed by atoms with E-state index >= 15 is 0 Å². The molecule has 2 N–H and O–H groups in total. The lowest BCUT2D eigenvalue weighted by atomic mass is 10.0. The van der Waals surface area contributed by atoms with Gasteiger partial charge in [0.05, 0.1) is 24.4 Å². The Labute approximate surface area is 103 Å². The van der Waals surface area contributed by atoms with Gasteiger partial charge in [-0.05, 0) is 19.5 Å². The second-order valence-corrected chi connectivity index (χ2v) is 4.55. The zero-order valence-electron chi connectivity index (χ0n) is 10.7. The Bertz CT molecular complexity index is 352. The molecule has 1 aromatic rings. The van der Waals surface area contributed by atoms with Crippen molar-refractivity contribution >= 4 is 0 Å². The van der Waals surface area contributed by atoms with Crippen molar-refractivity contribution in [2.45, 2.75) is 32.0 Å². The SMILES string of the molecule is CCCn1nccc1C1C(CN)OCCN1C. The fourth-order valence-corrected chi connectivity index (χ4v) is 2.47. The molecule has 0 aromatic carbocycles. The van der Waals surface area contributed by atoms with Crippen molar-refractivity contribution in [1.82, 2.24) is 14.7 Å². The normalized spacial score (nSPS) is 26.3. The van der Waals surface area contributed by atoms with Crippen LogP contribution in [0.3, 0.4) is 0 Å². The number of rotatable bonds is 4. The van der Waals surface area contributed by atoms with E-state index in [1.807, 2.05) is 6.20 Å². The summed E-state index contributed by atoms with van der Waals surface area (Å²) in [6.07, 6.45) is 3.02. The molecule has 0 aliphatic carbocycles. The van der Waals surface area contributed by atoms with E-state index in [-0.39, 0.29) is 12.1 Å². The number of morpholine rings is 1. The number of nitrogens with zero attached hydrogens (tertiary/aromatic N) is 3. The van der Waals surface area contributed by atoms with Crippen LogP contribution in [0.5, 0.6) is 0 Å². The Hall–Kier alpha value is -0.910. The molecule has 1 aliphatic heterocycles. The van der Waals surface area contributed by atoms with Gasteiger partial charge < -0.3 is 10.5 Å². The molecule has 0 bridgehead atoms. The van der Waals surface area contributed by atoms with Gasteiger partial charge in [-0.15, -0.1) is 0 Å². The molecule has 17 heavy (non-hydrogen) atoms. The molecule has 5 heteroatoms. The molecule has 2 heterocycles. The van der Waals surface area contributed by atoms with Gasteiger partial charge in [-0.3, -0.25) is 9.58 Å². The predicted octanol–water partition coefficient (Wildman–Crippen LogP) is 0.624. The third-order valence-corrected chi connectivity index (χ3v) is 3.32. The molecule has 0 radical (unpaired) electrons. The second-order valence-electron chi connectivity index (χ2n) is 4.55. The van der Waals surface area contributed by atoms with Gasteiger partial charge in [0.25, 0.3) is 0 Å². The van der Waals surface area contributed by atoms with Gasteiger partial charge in [0, 0.05) is 25.8 Å². The van der Waals surface area contributed by atoms with Gasteiger partial charge in [0.1, 0.15) is 0 Å². The highest BCUT2D eigenvalue weighted by atomic mass is 16.5. The van der Waals surface area contributed by atoms with Crippen LogP contribution >= 0.6 is 0 Å². The smallest absolute Gasteiger partial charge is 0.0909 e. The van der Waals surface area contributed by atoms with Crippen molar-refractivity contribution < 1.29 is 4.74 Å². The molecule has 2 unspecified atom stereocenters. The lowest BCUT2D eigenvalue weighted by Gasteiger charge is -2.38. The Morgan fingerprint density at radius 3 is 3.12 bits per heavy atom. The largest absolute Gasteiger partial charge is 0.374 e. The van der Waals surface area contributed by atoms with Crippen molar-refractivity contribution in [1.29, 1.82) is 0 Å². The van der Waals surface area contributed by atoms with E-state index in [0.29, 0.717) is 6.54 Å². The molecule has 1 aliphatic rings. The van der Waals surface area contributed by atoms with E-state index in [2.05, 4.69) is 34.7 Å². The Morgan fingerprint density at radius 1 is 1.59 bits per heavy atom. The highest BCUT2D eigenvalue weighted by Gasteiger charge is 2.32. The van der Waals surface area contributed by atoms with E-state index in [9.17, 15) is 0 Å². The van der Waals surface area contributed by atoms with Crippen LogP contribution in [0.4, 0.5) is 0 Å². The van der Waals surface area contributed by atoms with Crippen molar-refractivity contribution in [3.63, 3.8) is 0 Å². The minimum atomic E-state index is 0.0704.